The summed E-state index contributed by atoms with van der Waals surface area (Å²) in [6.07, 6.45) is 0. The highest BCUT2D eigenvalue weighted by atomic mass is 16.5. The van der Waals surface area contributed by atoms with Crippen LogP contribution in [0.2, 0.25) is 0 Å². The number of phenols is 1. The van der Waals surface area contributed by atoms with Crippen molar-refractivity contribution in [3.63, 3.8) is 0 Å². The van der Waals surface area contributed by atoms with E-state index in [1.54, 1.807) is 12.1 Å². The molecule has 1 heterocycles. The standard InChI is InChI=1S/C19H16N4O2/c1-23(9-8-20)13-4-2-12(3-5-13)18-15-7-6-14(24)10-17(15)25-19(22)16(18)11-21/h2-7,10,18,24H,9,22H2,1H3. The molecule has 6 nitrogen and oxygen atoms in total. The quantitative estimate of drug-likeness (QED) is 0.837. The molecule has 0 radical (unpaired) electrons. The van der Waals surface area contributed by atoms with E-state index in [1.807, 2.05) is 36.2 Å². The van der Waals surface area contributed by atoms with Crippen molar-refractivity contribution in [1.82, 2.24) is 0 Å². The van der Waals surface area contributed by atoms with E-state index in [0.717, 1.165) is 16.8 Å². The van der Waals surface area contributed by atoms with Crippen molar-refractivity contribution < 1.29 is 9.84 Å². The summed E-state index contributed by atoms with van der Waals surface area (Å²) in [5.74, 6) is 0.173. The highest BCUT2D eigenvalue weighted by Crippen LogP contribution is 2.43. The summed E-state index contributed by atoms with van der Waals surface area (Å²) in [5.41, 5.74) is 8.78. The minimum Gasteiger partial charge on any atom is -0.508 e. The number of fused-ring (bicyclic) bond motifs is 1. The van der Waals surface area contributed by atoms with Gasteiger partial charge >= 0.3 is 0 Å². The topological polar surface area (TPSA) is 106 Å². The van der Waals surface area contributed by atoms with Crippen LogP contribution in [0.1, 0.15) is 17.0 Å². The molecule has 0 saturated carbocycles. The molecular formula is C19H16N4O2. The van der Waals surface area contributed by atoms with E-state index in [0.29, 0.717) is 11.3 Å². The van der Waals surface area contributed by atoms with Crippen LogP contribution in [-0.2, 0) is 0 Å². The van der Waals surface area contributed by atoms with Crippen LogP contribution in [0.25, 0.3) is 0 Å². The van der Waals surface area contributed by atoms with Crippen LogP contribution >= 0.6 is 0 Å². The molecule has 3 rings (SSSR count). The Morgan fingerprint density at radius 1 is 1.20 bits per heavy atom. The van der Waals surface area contributed by atoms with Gasteiger partial charge < -0.3 is 20.5 Å². The Labute approximate surface area is 145 Å². The number of ether oxygens (including phenoxy) is 1. The minimum atomic E-state index is -0.371. The molecule has 1 aliphatic rings. The lowest BCUT2D eigenvalue weighted by Crippen LogP contribution is -2.21. The van der Waals surface area contributed by atoms with Crippen molar-refractivity contribution in [3.8, 4) is 23.6 Å². The maximum Gasteiger partial charge on any atom is 0.205 e. The molecular weight excluding hydrogens is 316 g/mol. The van der Waals surface area contributed by atoms with Gasteiger partial charge in [0.05, 0.1) is 12.0 Å². The zero-order valence-corrected chi connectivity index (χ0v) is 13.6. The number of rotatable bonds is 3. The van der Waals surface area contributed by atoms with Crippen molar-refractivity contribution >= 4 is 5.69 Å². The number of anilines is 1. The molecule has 1 unspecified atom stereocenters. The summed E-state index contributed by atoms with van der Waals surface area (Å²) in [5, 5.41) is 28.0. The number of hydrogen-bond acceptors (Lipinski definition) is 6. The minimum absolute atomic E-state index is 0.0382. The van der Waals surface area contributed by atoms with Crippen molar-refractivity contribution in [2.75, 3.05) is 18.5 Å². The first-order valence-electron chi connectivity index (χ1n) is 7.63. The molecule has 0 bridgehead atoms. The number of hydrogen-bond donors (Lipinski definition) is 2. The van der Waals surface area contributed by atoms with Gasteiger partial charge in [0.2, 0.25) is 5.88 Å². The number of allylic oxidation sites excluding steroid dienone is 1. The van der Waals surface area contributed by atoms with E-state index in [2.05, 4.69) is 12.1 Å². The van der Waals surface area contributed by atoms with Crippen LogP contribution < -0.4 is 15.4 Å². The van der Waals surface area contributed by atoms with Gasteiger partial charge in [-0.3, -0.25) is 0 Å². The first-order valence-corrected chi connectivity index (χ1v) is 7.63. The number of nitrogens with zero attached hydrogens (tertiary/aromatic N) is 3. The van der Waals surface area contributed by atoms with Gasteiger partial charge in [-0.25, -0.2) is 0 Å². The molecule has 0 aromatic heterocycles. The first-order chi connectivity index (χ1) is 12.0. The number of nitrogens with two attached hydrogens (primary N) is 1. The van der Waals surface area contributed by atoms with E-state index in [1.165, 1.54) is 6.07 Å². The SMILES string of the molecule is CN(CC#N)c1ccc(C2C(C#N)=C(N)Oc3cc(O)ccc32)cc1. The Bertz CT molecular complexity index is 920. The second-order valence-corrected chi connectivity index (χ2v) is 5.75. The lowest BCUT2D eigenvalue weighted by molar-refractivity contribution is 0.388. The maximum atomic E-state index is 9.67. The Balaban J connectivity index is 2.06. The average molecular weight is 332 g/mol. The summed E-state index contributed by atoms with van der Waals surface area (Å²) in [4.78, 5) is 1.83. The number of benzene rings is 2. The lowest BCUT2D eigenvalue weighted by Gasteiger charge is -2.27. The molecule has 0 spiro atoms. The molecule has 3 N–H and O–H groups in total. The van der Waals surface area contributed by atoms with Gasteiger partial charge in [-0.2, -0.15) is 10.5 Å². The molecule has 0 fully saturated rings. The Kier molecular flexibility index (Phi) is 4.20. The smallest absolute Gasteiger partial charge is 0.205 e. The molecule has 2 aromatic carbocycles. The molecule has 124 valence electrons. The zero-order chi connectivity index (χ0) is 18.0. The largest absolute Gasteiger partial charge is 0.508 e. The third kappa shape index (κ3) is 2.93. The fourth-order valence-corrected chi connectivity index (χ4v) is 2.91. The third-order valence-corrected chi connectivity index (χ3v) is 4.18. The van der Waals surface area contributed by atoms with Gasteiger partial charge in [0.15, 0.2) is 0 Å². The summed E-state index contributed by atoms with van der Waals surface area (Å²) in [7, 11) is 1.84. The number of aromatic hydroxyl groups is 1. The van der Waals surface area contributed by atoms with Gasteiger partial charge in [-0.05, 0) is 23.8 Å². The van der Waals surface area contributed by atoms with Crippen LogP contribution in [0.5, 0.6) is 11.5 Å². The predicted molar refractivity (Wildman–Crippen MR) is 92.7 cm³/mol. The molecule has 0 saturated heterocycles. The molecule has 6 heteroatoms. The summed E-state index contributed by atoms with van der Waals surface area (Å²) >= 11 is 0. The molecule has 2 aromatic rings. The summed E-state index contributed by atoms with van der Waals surface area (Å²) in [6, 6.07) is 16.6. The molecule has 0 aliphatic carbocycles. The van der Waals surface area contributed by atoms with E-state index in [-0.39, 0.29) is 24.1 Å². The summed E-state index contributed by atoms with van der Waals surface area (Å²) < 4.78 is 5.49. The monoisotopic (exact) mass is 332 g/mol. The fraction of sp³-hybridized carbons (Fsp3) is 0.158. The maximum absolute atomic E-state index is 9.67. The fourth-order valence-electron chi connectivity index (χ4n) is 2.91. The zero-order valence-electron chi connectivity index (χ0n) is 13.6. The Hall–Kier alpha value is -3.64. The molecule has 1 atom stereocenters. The average Bonchev–Trinajstić information content (AvgIpc) is 2.60. The lowest BCUT2D eigenvalue weighted by atomic mass is 9.83. The second-order valence-electron chi connectivity index (χ2n) is 5.75. The predicted octanol–water partition coefficient (Wildman–Crippen LogP) is 2.57. The Morgan fingerprint density at radius 3 is 2.56 bits per heavy atom. The summed E-state index contributed by atoms with van der Waals surface area (Å²) in [6.45, 7) is 0.287. The molecule has 1 aliphatic heterocycles. The van der Waals surface area contributed by atoms with E-state index < -0.39 is 0 Å². The highest BCUT2D eigenvalue weighted by Gasteiger charge is 2.30. The van der Waals surface area contributed by atoms with E-state index in [9.17, 15) is 10.4 Å². The number of phenolic OH excluding ortho intramolecular Hbond substituents is 1. The first kappa shape index (κ1) is 16.2. The van der Waals surface area contributed by atoms with Crippen LogP contribution in [0.4, 0.5) is 5.69 Å². The van der Waals surface area contributed by atoms with Crippen LogP contribution in [0.3, 0.4) is 0 Å². The Morgan fingerprint density at radius 2 is 1.92 bits per heavy atom. The van der Waals surface area contributed by atoms with Crippen LogP contribution in [-0.4, -0.2) is 18.7 Å². The van der Waals surface area contributed by atoms with Crippen molar-refractivity contribution in [3.05, 3.63) is 65.0 Å². The highest BCUT2D eigenvalue weighted by molar-refractivity contribution is 5.58. The number of nitriles is 2. The van der Waals surface area contributed by atoms with Gasteiger partial charge in [-0.1, -0.05) is 18.2 Å². The van der Waals surface area contributed by atoms with Gasteiger partial charge in [0, 0.05) is 24.4 Å². The third-order valence-electron chi connectivity index (χ3n) is 4.18. The van der Waals surface area contributed by atoms with Crippen LogP contribution in [0, 0.1) is 22.7 Å². The normalized spacial score (nSPS) is 15.6. The van der Waals surface area contributed by atoms with Crippen molar-refractivity contribution in [1.29, 1.82) is 10.5 Å². The van der Waals surface area contributed by atoms with Crippen molar-refractivity contribution in [2.24, 2.45) is 5.73 Å². The van der Waals surface area contributed by atoms with E-state index in [4.69, 9.17) is 15.7 Å². The molecule has 25 heavy (non-hydrogen) atoms. The second kappa shape index (κ2) is 6.46. The van der Waals surface area contributed by atoms with Gasteiger partial charge in [-0.15, -0.1) is 0 Å². The van der Waals surface area contributed by atoms with Crippen LogP contribution in [0.15, 0.2) is 53.9 Å². The van der Waals surface area contributed by atoms with Crippen molar-refractivity contribution in [2.45, 2.75) is 5.92 Å². The van der Waals surface area contributed by atoms with Gasteiger partial charge in [0.1, 0.15) is 29.7 Å². The van der Waals surface area contributed by atoms with Gasteiger partial charge in [0.25, 0.3) is 0 Å². The molecule has 0 amide bonds. The van der Waals surface area contributed by atoms with E-state index >= 15 is 0 Å².